The third kappa shape index (κ3) is 10.4. The van der Waals surface area contributed by atoms with E-state index >= 15 is 0 Å². The number of rotatable bonds is 4. The Kier molecular flexibility index (Phi) is 16.0. The number of aromatic nitrogens is 8. The average Bonchev–Trinajstić information content (AvgIpc) is 3.86. The molecule has 0 fully saturated rings. The summed E-state index contributed by atoms with van der Waals surface area (Å²) in [4.78, 5) is 21.6. The van der Waals surface area contributed by atoms with Gasteiger partial charge < -0.3 is 4.57 Å². The van der Waals surface area contributed by atoms with Crippen LogP contribution >= 0.6 is 9.64 Å². The zero-order chi connectivity index (χ0) is 31.1. The maximum absolute atomic E-state index is 4.67. The van der Waals surface area contributed by atoms with Gasteiger partial charge in [0.25, 0.3) is 0 Å². The Morgan fingerprint density at radius 3 is 1.30 bits per heavy atom. The van der Waals surface area contributed by atoms with Crippen molar-refractivity contribution in [1.82, 2.24) is 38.6 Å². The van der Waals surface area contributed by atoms with Gasteiger partial charge in [0.05, 0.1) is 6.33 Å². The fourth-order valence-electron chi connectivity index (χ4n) is 4.24. The second-order valence-electron chi connectivity index (χ2n) is 9.47. The molecule has 0 aliphatic carbocycles. The van der Waals surface area contributed by atoms with Gasteiger partial charge in [-0.3, -0.25) is 9.13 Å². The minimum atomic E-state index is 0. The molecule has 0 bridgehead atoms. The first kappa shape index (κ1) is 37.5. The number of halogens is 1. The molecule has 0 atom stereocenters. The van der Waals surface area contributed by atoms with Crippen molar-refractivity contribution in [3.05, 3.63) is 152 Å². The van der Waals surface area contributed by atoms with Gasteiger partial charge in [-0.25, -0.2) is 24.9 Å². The Labute approximate surface area is 286 Å². The van der Waals surface area contributed by atoms with Gasteiger partial charge in [0, 0.05) is 67.0 Å². The van der Waals surface area contributed by atoms with E-state index in [9.17, 15) is 0 Å². The van der Waals surface area contributed by atoms with Gasteiger partial charge in [-0.05, 0) is 62.4 Å². The molecule has 8 nitrogen and oxygen atoms in total. The molecule has 7 rings (SSSR count). The number of aryl methyl sites for hydroxylation is 3. The van der Waals surface area contributed by atoms with E-state index in [1.54, 1.807) is 24.9 Å². The second kappa shape index (κ2) is 19.6. The molecule has 0 amide bonds. The molecule has 0 saturated carbocycles. The van der Waals surface area contributed by atoms with Crippen LogP contribution in [-0.2, 0) is 24.6 Å². The Morgan fingerprint density at radius 2 is 0.978 bits per heavy atom. The van der Waals surface area contributed by atoms with E-state index in [1.165, 1.54) is 17.6 Å². The summed E-state index contributed by atoms with van der Waals surface area (Å²) < 4.78 is 5.98. The molecule has 0 N–H and O–H groups in total. The molecule has 7 aromatic rings. The number of benzene rings is 2. The Balaban J connectivity index is 0.000000251. The van der Waals surface area contributed by atoms with E-state index < -0.39 is 0 Å². The van der Waals surface area contributed by atoms with Crippen LogP contribution in [0.15, 0.2) is 141 Å². The molecule has 0 spiro atoms. The SMILES string of the molecule is C.C.Cc1cccc(-c2nccn2-c2ccccc2)n1.Cc1cccc(-c2nccn2-c2ccccc2)n1.Cn1ccnc1.[Cl][Os]. The summed E-state index contributed by atoms with van der Waals surface area (Å²) in [6.07, 6.45) is 12.9. The number of pyridine rings is 2. The van der Waals surface area contributed by atoms with Crippen LogP contribution in [0.2, 0.25) is 0 Å². The van der Waals surface area contributed by atoms with Gasteiger partial charge in [-0.1, -0.05) is 63.4 Å². The van der Waals surface area contributed by atoms with E-state index in [0.717, 1.165) is 45.8 Å². The van der Waals surface area contributed by atoms with Crippen LogP contribution in [-0.4, -0.2) is 38.6 Å². The number of imidazole rings is 3. The van der Waals surface area contributed by atoms with Crippen molar-refractivity contribution in [3.63, 3.8) is 0 Å². The van der Waals surface area contributed by atoms with Crippen molar-refractivity contribution in [2.45, 2.75) is 28.7 Å². The molecule has 0 radical (unpaired) electrons. The molecular weight excluding hydrogens is 770 g/mol. The van der Waals surface area contributed by atoms with Crippen LogP contribution in [0, 0.1) is 13.8 Å². The van der Waals surface area contributed by atoms with Crippen molar-refractivity contribution < 1.29 is 17.6 Å². The van der Waals surface area contributed by atoms with Crippen LogP contribution in [0.1, 0.15) is 26.2 Å². The summed E-state index contributed by atoms with van der Waals surface area (Å²) in [6.45, 7) is 3.97. The van der Waals surface area contributed by atoms with Gasteiger partial charge in [-0.15, -0.1) is 0 Å². The Morgan fingerprint density at radius 1 is 0.543 bits per heavy atom. The fraction of sp³-hybridized carbons (Fsp3) is 0.139. The normalized spacial score (nSPS) is 9.50. The van der Waals surface area contributed by atoms with Crippen molar-refractivity contribution in [1.29, 1.82) is 0 Å². The molecule has 0 aliphatic heterocycles. The van der Waals surface area contributed by atoms with Gasteiger partial charge in [-0.2, -0.15) is 0 Å². The predicted molar refractivity (Wildman–Crippen MR) is 186 cm³/mol. The maximum atomic E-state index is 4.67. The van der Waals surface area contributed by atoms with E-state index in [1.807, 2.05) is 126 Å². The fourth-order valence-corrected chi connectivity index (χ4v) is 4.24. The first-order valence-corrected chi connectivity index (χ1v) is 16.8. The minimum absolute atomic E-state index is 0. The van der Waals surface area contributed by atoms with Crippen LogP contribution < -0.4 is 0 Å². The van der Waals surface area contributed by atoms with Crippen LogP contribution in [0.3, 0.4) is 0 Å². The van der Waals surface area contributed by atoms with Crippen molar-refractivity contribution >= 4 is 9.64 Å². The third-order valence-electron chi connectivity index (χ3n) is 6.22. The summed E-state index contributed by atoms with van der Waals surface area (Å²) >= 11 is 1.33. The summed E-state index contributed by atoms with van der Waals surface area (Å²) in [5.41, 5.74) is 5.96. The number of para-hydroxylation sites is 2. The second-order valence-corrected chi connectivity index (χ2v) is 9.47. The van der Waals surface area contributed by atoms with Crippen molar-refractivity contribution in [2.24, 2.45) is 7.05 Å². The standard InChI is InChI=1S/2C15H13N3.C4H6N2.2CH4.ClH.Os/c2*1-12-6-5-9-14(17-12)15-16-10-11-18(15)13-7-3-2-4-8-13;1-6-3-2-5-4-6;;;;/h2*2-11H,1H3;2-4H,1H3;2*1H4;1H;/q;;;;;;+1/p-1. The summed E-state index contributed by atoms with van der Waals surface area (Å²) in [7, 11) is 6.60. The number of nitrogens with zero attached hydrogens (tertiary/aromatic N) is 8. The van der Waals surface area contributed by atoms with E-state index in [2.05, 4.69) is 58.8 Å². The Bertz CT molecular complexity index is 1700. The Hall–Kier alpha value is -4.70. The predicted octanol–water partition coefficient (Wildman–Crippen LogP) is 8.86. The molecule has 239 valence electrons. The monoisotopic (exact) mass is 811 g/mol. The number of hydrogen-bond acceptors (Lipinski definition) is 5. The van der Waals surface area contributed by atoms with Gasteiger partial charge in [0.1, 0.15) is 11.4 Å². The van der Waals surface area contributed by atoms with E-state index in [4.69, 9.17) is 0 Å². The van der Waals surface area contributed by atoms with Crippen LogP contribution in [0.5, 0.6) is 0 Å². The molecule has 0 aliphatic rings. The zero-order valence-corrected chi connectivity index (χ0v) is 27.9. The van der Waals surface area contributed by atoms with Crippen LogP contribution in [0.25, 0.3) is 34.4 Å². The van der Waals surface area contributed by atoms with Crippen LogP contribution in [0.4, 0.5) is 0 Å². The molecule has 0 unspecified atom stereocenters. The third-order valence-corrected chi connectivity index (χ3v) is 6.22. The van der Waals surface area contributed by atoms with E-state index in [0.29, 0.717) is 0 Å². The average molecular weight is 810 g/mol. The van der Waals surface area contributed by atoms with Gasteiger partial charge in [0.15, 0.2) is 11.6 Å². The molecule has 46 heavy (non-hydrogen) atoms. The number of hydrogen-bond donors (Lipinski definition) is 0. The molecular formula is C36H40ClN8Os. The first-order valence-electron chi connectivity index (χ1n) is 13.7. The summed E-state index contributed by atoms with van der Waals surface area (Å²) in [5.74, 6) is 1.73. The molecule has 10 heteroatoms. The van der Waals surface area contributed by atoms with Crippen molar-refractivity contribution in [2.75, 3.05) is 0 Å². The molecule has 5 heterocycles. The van der Waals surface area contributed by atoms with Gasteiger partial charge in [0.2, 0.25) is 0 Å². The summed E-state index contributed by atoms with van der Waals surface area (Å²) in [5, 5.41) is 0. The topological polar surface area (TPSA) is 79.2 Å². The molecule has 0 saturated heterocycles. The van der Waals surface area contributed by atoms with Gasteiger partial charge >= 0.3 is 27.2 Å². The molecule has 2 aromatic carbocycles. The summed E-state index contributed by atoms with van der Waals surface area (Å²) in [6, 6.07) is 32.2. The van der Waals surface area contributed by atoms with Crippen molar-refractivity contribution in [3.8, 4) is 34.4 Å². The zero-order valence-electron chi connectivity index (χ0n) is 24.6. The quantitative estimate of drug-likeness (QED) is 0.178. The molecule has 5 aromatic heterocycles. The van der Waals surface area contributed by atoms with E-state index in [-0.39, 0.29) is 14.9 Å². The first-order chi connectivity index (χ1) is 21.6.